The molecule has 2 N–H and O–H groups in total. The summed E-state index contributed by atoms with van der Waals surface area (Å²) in [5.74, 6) is 0.749. The number of nitrogens with one attached hydrogen (secondary N) is 2. The van der Waals surface area contributed by atoms with E-state index in [1.165, 1.54) is 33.5 Å². The van der Waals surface area contributed by atoms with Crippen molar-refractivity contribution in [1.29, 1.82) is 0 Å². The number of carbonyl (C=O) groups is 2. The second-order valence-electron chi connectivity index (χ2n) is 5.77. The average Bonchev–Trinajstić information content (AvgIpc) is 2.75. The smallest absolute Gasteiger partial charge is 0.251 e. The number of benzene rings is 1. The summed E-state index contributed by atoms with van der Waals surface area (Å²) in [4.78, 5) is 28.7. The van der Waals surface area contributed by atoms with E-state index in [0.29, 0.717) is 29.7 Å². The van der Waals surface area contributed by atoms with Gasteiger partial charge >= 0.3 is 0 Å². The van der Waals surface area contributed by atoms with Crippen LogP contribution < -0.4 is 29.6 Å². The van der Waals surface area contributed by atoms with Gasteiger partial charge in [0.1, 0.15) is 0 Å². The Bertz CT molecular complexity index is 831. The third kappa shape index (κ3) is 5.74. The number of carbonyl (C=O) groups excluding carboxylic acids is 2. The molecule has 0 saturated carbocycles. The molecular weight excluding hydrogens is 378 g/mol. The summed E-state index contributed by atoms with van der Waals surface area (Å²) in [6.07, 6.45) is 1.62. The zero-order chi connectivity index (χ0) is 21.2. The lowest BCUT2D eigenvalue weighted by Gasteiger charge is -2.14. The minimum Gasteiger partial charge on any atom is -0.493 e. The zero-order valence-corrected chi connectivity index (χ0v) is 16.9. The molecule has 0 fully saturated rings. The lowest BCUT2D eigenvalue weighted by Crippen LogP contribution is -2.36. The van der Waals surface area contributed by atoms with Gasteiger partial charge in [0.05, 0.1) is 34.5 Å². The van der Waals surface area contributed by atoms with Gasteiger partial charge in [-0.05, 0) is 25.1 Å². The zero-order valence-electron chi connectivity index (χ0n) is 16.9. The van der Waals surface area contributed by atoms with Crippen molar-refractivity contribution < 1.29 is 28.5 Å². The third-order valence-electron chi connectivity index (χ3n) is 3.94. The van der Waals surface area contributed by atoms with Gasteiger partial charge in [-0.25, -0.2) is 4.98 Å². The minimum absolute atomic E-state index is 0.195. The Labute approximate surface area is 169 Å². The lowest BCUT2D eigenvalue weighted by atomic mass is 10.1. The number of nitrogens with zero attached hydrogens (tertiary/aromatic N) is 1. The topological polar surface area (TPSA) is 108 Å². The first kappa shape index (κ1) is 21.8. The molecule has 0 radical (unpaired) electrons. The Morgan fingerprint density at radius 3 is 2.31 bits per heavy atom. The van der Waals surface area contributed by atoms with Crippen LogP contribution in [0.2, 0.25) is 0 Å². The molecule has 1 aromatic heterocycles. The molecule has 2 amide bonds. The number of hydrogen-bond donors (Lipinski definition) is 2. The molecule has 0 unspecified atom stereocenters. The molecule has 0 aliphatic rings. The molecule has 9 heteroatoms. The monoisotopic (exact) mass is 403 g/mol. The third-order valence-corrected chi connectivity index (χ3v) is 3.94. The fourth-order valence-corrected chi connectivity index (χ4v) is 2.56. The van der Waals surface area contributed by atoms with E-state index < -0.39 is 5.91 Å². The molecule has 0 saturated heterocycles. The Hall–Kier alpha value is -3.49. The highest BCUT2D eigenvalue weighted by atomic mass is 16.5. The Morgan fingerprint density at radius 2 is 1.72 bits per heavy atom. The van der Waals surface area contributed by atoms with Gasteiger partial charge in [-0.15, -0.1) is 0 Å². The van der Waals surface area contributed by atoms with E-state index in [9.17, 15) is 9.59 Å². The standard InChI is InChI=1S/C20H25N3O6/c1-5-29-20-13(7-6-8-21-20)11-22-17(24)12-23-19(25)14-9-15(26-2)18(28-4)16(10-14)27-3/h6-10H,5,11-12H2,1-4H3,(H,22,24)(H,23,25). The summed E-state index contributed by atoms with van der Waals surface area (Å²) in [5.41, 5.74) is 1.02. The fraction of sp³-hybridized carbons (Fsp3) is 0.350. The highest BCUT2D eigenvalue weighted by molar-refractivity contribution is 5.97. The van der Waals surface area contributed by atoms with Gasteiger partial charge in [-0.3, -0.25) is 9.59 Å². The van der Waals surface area contributed by atoms with Crippen LogP contribution in [0.1, 0.15) is 22.8 Å². The maximum Gasteiger partial charge on any atom is 0.251 e. The normalized spacial score (nSPS) is 10.1. The van der Waals surface area contributed by atoms with Gasteiger partial charge < -0.3 is 29.6 Å². The van der Waals surface area contributed by atoms with Crippen LogP contribution in [0.25, 0.3) is 0 Å². The first-order valence-corrected chi connectivity index (χ1v) is 8.95. The van der Waals surface area contributed by atoms with E-state index in [1.54, 1.807) is 12.3 Å². The highest BCUT2D eigenvalue weighted by Gasteiger charge is 2.17. The molecular formula is C20H25N3O6. The maximum absolute atomic E-state index is 12.4. The quantitative estimate of drug-likeness (QED) is 0.620. The van der Waals surface area contributed by atoms with Crippen LogP contribution in [-0.2, 0) is 11.3 Å². The molecule has 0 aliphatic heterocycles. The molecule has 1 heterocycles. The number of pyridine rings is 1. The predicted molar refractivity (Wildman–Crippen MR) is 106 cm³/mol. The van der Waals surface area contributed by atoms with Crippen molar-refractivity contribution in [1.82, 2.24) is 15.6 Å². The average molecular weight is 403 g/mol. The van der Waals surface area contributed by atoms with Crippen LogP contribution >= 0.6 is 0 Å². The van der Waals surface area contributed by atoms with E-state index >= 15 is 0 Å². The molecule has 29 heavy (non-hydrogen) atoms. The molecule has 0 bridgehead atoms. The van der Waals surface area contributed by atoms with Gasteiger partial charge in [0.2, 0.25) is 17.5 Å². The van der Waals surface area contributed by atoms with Crippen molar-refractivity contribution >= 4 is 11.8 Å². The number of methoxy groups -OCH3 is 3. The molecule has 2 aromatic rings. The van der Waals surface area contributed by atoms with Gasteiger partial charge in [-0.1, -0.05) is 6.07 Å². The van der Waals surface area contributed by atoms with Crippen LogP contribution in [0.3, 0.4) is 0 Å². The van der Waals surface area contributed by atoms with Gasteiger partial charge in [0.15, 0.2) is 11.5 Å². The molecule has 0 atom stereocenters. The van der Waals surface area contributed by atoms with Crippen LogP contribution in [0.4, 0.5) is 0 Å². The molecule has 9 nitrogen and oxygen atoms in total. The summed E-state index contributed by atoms with van der Waals surface area (Å²) in [6.45, 7) is 2.38. The van der Waals surface area contributed by atoms with Crippen molar-refractivity contribution in [2.45, 2.75) is 13.5 Å². The molecule has 156 valence electrons. The molecule has 0 aliphatic carbocycles. The van der Waals surface area contributed by atoms with Crippen LogP contribution in [0, 0.1) is 0 Å². The maximum atomic E-state index is 12.4. The van der Waals surface area contributed by atoms with Crippen molar-refractivity contribution in [3.05, 3.63) is 41.6 Å². The summed E-state index contributed by atoms with van der Waals surface area (Å²) >= 11 is 0. The number of hydrogen-bond acceptors (Lipinski definition) is 7. The van der Waals surface area contributed by atoms with Crippen LogP contribution in [0.5, 0.6) is 23.1 Å². The Balaban J connectivity index is 1.96. The lowest BCUT2D eigenvalue weighted by molar-refractivity contribution is -0.120. The second kappa shape index (κ2) is 10.7. The minimum atomic E-state index is -0.448. The number of rotatable bonds is 10. The van der Waals surface area contributed by atoms with E-state index in [4.69, 9.17) is 18.9 Å². The van der Waals surface area contributed by atoms with E-state index in [2.05, 4.69) is 15.6 Å². The van der Waals surface area contributed by atoms with E-state index in [1.807, 2.05) is 13.0 Å². The molecule has 1 aromatic carbocycles. The Morgan fingerprint density at radius 1 is 1.03 bits per heavy atom. The number of aromatic nitrogens is 1. The first-order valence-electron chi connectivity index (χ1n) is 8.95. The van der Waals surface area contributed by atoms with Gasteiger partial charge in [-0.2, -0.15) is 0 Å². The van der Waals surface area contributed by atoms with Crippen molar-refractivity contribution in [3.8, 4) is 23.1 Å². The second-order valence-corrected chi connectivity index (χ2v) is 5.77. The van der Waals surface area contributed by atoms with Crippen LogP contribution in [0.15, 0.2) is 30.5 Å². The fourth-order valence-electron chi connectivity index (χ4n) is 2.56. The van der Waals surface area contributed by atoms with Crippen LogP contribution in [-0.4, -0.2) is 51.3 Å². The summed E-state index contributed by atoms with van der Waals surface area (Å²) < 4.78 is 21.1. The van der Waals surface area contributed by atoms with E-state index in [-0.39, 0.29) is 24.6 Å². The molecule has 2 rings (SSSR count). The Kier molecular flexibility index (Phi) is 8.08. The van der Waals surface area contributed by atoms with Crippen molar-refractivity contribution in [2.24, 2.45) is 0 Å². The van der Waals surface area contributed by atoms with Crippen molar-refractivity contribution in [2.75, 3.05) is 34.5 Å². The SMILES string of the molecule is CCOc1ncccc1CNC(=O)CNC(=O)c1cc(OC)c(OC)c(OC)c1. The highest BCUT2D eigenvalue weighted by Crippen LogP contribution is 2.38. The first-order chi connectivity index (χ1) is 14.0. The van der Waals surface area contributed by atoms with Crippen molar-refractivity contribution in [3.63, 3.8) is 0 Å². The van der Waals surface area contributed by atoms with E-state index in [0.717, 1.165) is 5.56 Å². The summed E-state index contributed by atoms with van der Waals surface area (Å²) in [5, 5.41) is 5.29. The predicted octanol–water partition coefficient (Wildman–Crippen LogP) is 1.55. The summed E-state index contributed by atoms with van der Waals surface area (Å²) in [6, 6.07) is 6.60. The largest absolute Gasteiger partial charge is 0.493 e. The summed E-state index contributed by atoms with van der Waals surface area (Å²) in [7, 11) is 4.40. The van der Waals surface area contributed by atoms with Gasteiger partial charge in [0, 0.05) is 23.9 Å². The number of amides is 2. The number of ether oxygens (including phenoxy) is 4. The molecule has 0 spiro atoms. The van der Waals surface area contributed by atoms with Gasteiger partial charge in [0.25, 0.3) is 5.91 Å².